The van der Waals surface area contributed by atoms with Crippen molar-refractivity contribution in [3.63, 3.8) is 0 Å². The average Bonchev–Trinajstić information content (AvgIpc) is 3.47. The molecular formula is C29H46N2O5S. The Morgan fingerprint density at radius 2 is 2.03 bits per heavy atom. The molecule has 0 aliphatic carbocycles. The SMILES string of the molecule is C=CCCOC(=O)[C@@H]1[C@H]2C(=O)N([C@@H](CO)[C@@H](C)CC)C(C(=O)N(CC=C)CCCCC)C23S[C@@H]1CC3C. The summed E-state index contributed by atoms with van der Waals surface area (Å²) in [6.07, 6.45) is 8.45. The Kier molecular flexibility index (Phi) is 10.3. The number of unbranched alkanes of at least 4 members (excludes halogenated alkanes) is 2. The molecule has 0 aromatic rings. The van der Waals surface area contributed by atoms with E-state index < -0.39 is 28.7 Å². The van der Waals surface area contributed by atoms with Crippen LogP contribution in [0.4, 0.5) is 0 Å². The van der Waals surface area contributed by atoms with Crippen molar-refractivity contribution >= 4 is 29.5 Å². The van der Waals surface area contributed by atoms with Crippen LogP contribution in [-0.4, -0.2) is 81.1 Å². The minimum Gasteiger partial charge on any atom is -0.465 e. The van der Waals surface area contributed by atoms with Crippen molar-refractivity contribution in [2.45, 2.75) is 88.3 Å². The first kappa shape index (κ1) is 29.8. The summed E-state index contributed by atoms with van der Waals surface area (Å²) in [6.45, 7) is 16.9. The number of carbonyl (C=O) groups is 3. The van der Waals surface area contributed by atoms with E-state index >= 15 is 0 Å². The van der Waals surface area contributed by atoms with Crippen LogP contribution in [0.25, 0.3) is 0 Å². The van der Waals surface area contributed by atoms with E-state index in [9.17, 15) is 19.5 Å². The smallest absolute Gasteiger partial charge is 0.310 e. The molecule has 0 aromatic carbocycles. The van der Waals surface area contributed by atoms with Crippen molar-refractivity contribution < 1.29 is 24.2 Å². The van der Waals surface area contributed by atoms with E-state index in [1.54, 1.807) is 28.8 Å². The normalized spacial score (nSPS) is 31.6. The molecule has 0 saturated carbocycles. The number of likely N-dealkylation sites (tertiary alicyclic amines) is 1. The van der Waals surface area contributed by atoms with Gasteiger partial charge in [-0.3, -0.25) is 14.4 Å². The highest BCUT2D eigenvalue weighted by molar-refractivity contribution is 8.02. The van der Waals surface area contributed by atoms with Crippen molar-refractivity contribution in [3.05, 3.63) is 25.3 Å². The quantitative estimate of drug-likeness (QED) is 0.194. The maximum atomic E-state index is 14.4. The Bertz CT molecular complexity index is 865. The third-order valence-corrected chi connectivity index (χ3v) is 10.9. The molecule has 3 aliphatic rings. The van der Waals surface area contributed by atoms with Crippen LogP contribution in [0.2, 0.25) is 0 Å². The standard InChI is InChI=1S/C29H46N2O5S/c1-7-11-13-15-30(14-9-3)27(34)25-29-20(6)17-22(37-29)23(28(35)36-16-12-8-2)24(29)26(33)31(25)21(18-32)19(5)10-4/h8-9,19-25,32H,2-3,7,10-18H2,1,4-6H3/t19-,20?,21-,22+,23-,24-,25?,29?/m0/s1. The summed E-state index contributed by atoms with van der Waals surface area (Å²) in [7, 11) is 0. The Morgan fingerprint density at radius 1 is 1.30 bits per heavy atom. The van der Waals surface area contributed by atoms with E-state index in [1.807, 2.05) is 18.7 Å². The molecule has 3 fully saturated rings. The van der Waals surface area contributed by atoms with Crippen molar-refractivity contribution in [3.8, 4) is 0 Å². The topological polar surface area (TPSA) is 87.1 Å². The van der Waals surface area contributed by atoms with Gasteiger partial charge in [0.2, 0.25) is 11.8 Å². The predicted octanol–water partition coefficient (Wildman–Crippen LogP) is 4.05. The number of amides is 2. The van der Waals surface area contributed by atoms with Crippen molar-refractivity contribution in [1.82, 2.24) is 9.80 Å². The van der Waals surface area contributed by atoms with Gasteiger partial charge in [0.1, 0.15) is 6.04 Å². The van der Waals surface area contributed by atoms with E-state index in [0.717, 1.165) is 32.1 Å². The third-order valence-electron chi connectivity index (χ3n) is 8.79. The highest BCUT2D eigenvalue weighted by Crippen LogP contribution is 2.69. The number of fused-ring (bicyclic) bond motifs is 1. The fourth-order valence-electron chi connectivity index (χ4n) is 6.69. The summed E-state index contributed by atoms with van der Waals surface area (Å²) in [5.74, 6) is -1.76. The molecule has 7 nitrogen and oxygen atoms in total. The van der Waals surface area contributed by atoms with Crippen LogP contribution in [0.3, 0.4) is 0 Å². The molecule has 0 aromatic heterocycles. The van der Waals surface area contributed by atoms with Gasteiger partial charge in [0.25, 0.3) is 0 Å². The summed E-state index contributed by atoms with van der Waals surface area (Å²) >= 11 is 1.65. The summed E-state index contributed by atoms with van der Waals surface area (Å²) in [5.41, 5.74) is 0. The fourth-order valence-corrected chi connectivity index (χ4v) is 9.08. The predicted molar refractivity (Wildman–Crippen MR) is 148 cm³/mol. The monoisotopic (exact) mass is 534 g/mol. The van der Waals surface area contributed by atoms with Gasteiger partial charge in [0.15, 0.2) is 0 Å². The molecule has 37 heavy (non-hydrogen) atoms. The van der Waals surface area contributed by atoms with Crippen LogP contribution in [0.15, 0.2) is 25.3 Å². The van der Waals surface area contributed by atoms with Crippen LogP contribution < -0.4 is 0 Å². The molecule has 0 radical (unpaired) electrons. The lowest BCUT2D eigenvalue weighted by Gasteiger charge is -2.43. The van der Waals surface area contributed by atoms with Gasteiger partial charge in [-0.15, -0.1) is 24.9 Å². The molecule has 3 rings (SSSR count). The number of carbonyl (C=O) groups excluding carboxylic acids is 3. The van der Waals surface area contributed by atoms with Gasteiger partial charge in [0, 0.05) is 18.3 Å². The second kappa shape index (κ2) is 12.8. The first-order valence-corrected chi connectivity index (χ1v) is 14.9. The number of hydrogen-bond acceptors (Lipinski definition) is 6. The Morgan fingerprint density at radius 3 is 2.62 bits per heavy atom. The maximum Gasteiger partial charge on any atom is 0.310 e. The Balaban J connectivity index is 2.08. The van der Waals surface area contributed by atoms with Crippen LogP contribution in [0.1, 0.15) is 66.2 Å². The summed E-state index contributed by atoms with van der Waals surface area (Å²) in [6, 6.07) is -1.22. The minimum atomic E-state index is -0.728. The molecule has 1 N–H and O–H groups in total. The molecule has 8 atom stereocenters. The van der Waals surface area contributed by atoms with Gasteiger partial charge in [-0.1, -0.05) is 59.1 Å². The zero-order valence-corrected chi connectivity index (χ0v) is 23.9. The van der Waals surface area contributed by atoms with Gasteiger partial charge in [-0.05, 0) is 31.1 Å². The fraction of sp³-hybridized carbons (Fsp3) is 0.759. The van der Waals surface area contributed by atoms with Crippen molar-refractivity contribution in [1.29, 1.82) is 0 Å². The van der Waals surface area contributed by atoms with Crippen molar-refractivity contribution in [2.24, 2.45) is 23.7 Å². The van der Waals surface area contributed by atoms with E-state index in [2.05, 4.69) is 27.0 Å². The van der Waals surface area contributed by atoms with E-state index in [-0.39, 0.29) is 48.1 Å². The number of aliphatic hydroxyl groups is 1. The summed E-state index contributed by atoms with van der Waals surface area (Å²) in [5, 5.41) is 10.4. The molecule has 2 amide bonds. The second-order valence-corrected chi connectivity index (χ2v) is 12.5. The second-order valence-electron chi connectivity index (χ2n) is 11.0. The molecule has 1 spiro atoms. The van der Waals surface area contributed by atoms with Crippen molar-refractivity contribution in [2.75, 3.05) is 26.3 Å². The highest BCUT2D eigenvalue weighted by atomic mass is 32.2. The van der Waals surface area contributed by atoms with E-state index in [0.29, 0.717) is 19.5 Å². The number of rotatable bonds is 15. The van der Waals surface area contributed by atoms with Gasteiger partial charge < -0.3 is 19.6 Å². The number of thioether (sulfide) groups is 1. The van der Waals surface area contributed by atoms with Gasteiger partial charge in [-0.2, -0.15) is 0 Å². The number of nitrogens with zero attached hydrogens (tertiary/aromatic N) is 2. The molecule has 8 heteroatoms. The molecule has 2 bridgehead atoms. The lowest BCUT2D eigenvalue weighted by molar-refractivity contribution is -0.155. The first-order chi connectivity index (χ1) is 17.7. The van der Waals surface area contributed by atoms with Gasteiger partial charge in [-0.25, -0.2) is 0 Å². The molecule has 3 unspecified atom stereocenters. The lowest BCUT2D eigenvalue weighted by Crippen LogP contribution is -2.60. The van der Waals surface area contributed by atoms with Crippen LogP contribution in [0.5, 0.6) is 0 Å². The summed E-state index contributed by atoms with van der Waals surface area (Å²) in [4.78, 5) is 45.6. The zero-order chi connectivity index (χ0) is 27.3. The largest absolute Gasteiger partial charge is 0.465 e. The van der Waals surface area contributed by atoms with Gasteiger partial charge >= 0.3 is 5.97 Å². The number of esters is 1. The molecule has 3 heterocycles. The molecular weight excluding hydrogens is 488 g/mol. The number of aliphatic hydroxyl groups excluding tert-OH is 1. The van der Waals surface area contributed by atoms with Crippen LogP contribution in [-0.2, 0) is 19.1 Å². The number of hydrogen-bond donors (Lipinski definition) is 1. The molecule has 3 aliphatic heterocycles. The van der Waals surface area contributed by atoms with E-state index in [1.165, 1.54) is 0 Å². The van der Waals surface area contributed by atoms with Crippen LogP contribution >= 0.6 is 11.8 Å². The first-order valence-electron chi connectivity index (χ1n) is 14.0. The average molecular weight is 535 g/mol. The number of ether oxygens (including phenoxy) is 1. The molecule has 3 saturated heterocycles. The van der Waals surface area contributed by atoms with Gasteiger partial charge in [0.05, 0.1) is 35.8 Å². The van der Waals surface area contributed by atoms with E-state index in [4.69, 9.17) is 4.74 Å². The summed E-state index contributed by atoms with van der Waals surface area (Å²) < 4.78 is 4.88. The molecule has 208 valence electrons. The zero-order valence-electron chi connectivity index (χ0n) is 23.1. The lowest BCUT2D eigenvalue weighted by atomic mass is 9.66. The highest BCUT2D eigenvalue weighted by Gasteiger charge is 2.77. The Hall–Kier alpha value is -1.80. The maximum absolute atomic E-state index is 14.4. The third kappa shape index (κ3) is 5.25. The Labute approximate surface area is 227 Å². The van der Waals surface area contributed by atoms with Crippen LogP contribution in [0, 0.1) is 23.7 Å². The minimum absolute atomic E-state index is 0.00270.